The van der Waals surface area contributed by atoms with E-state index < -0.39 is 5.67 Å². The van der Waals surface area contributed by atoms with Crippen LogP contribution in [0.4, 0.5) is 4.39 Å². The Labute approximate surface area is 88.9 Å². The minimum atomic E-state index is -1.48. The lowest BCUT2D eigenvalue weighted by Gasteiger charge is -2.21. The zero-order chi connectivity index (χ0) is 11.5. The summed E-state index contributed by atoms with van der Waals surface area (Å²) in [4.78, 5) is 0. The summed E-state index contributed by atoms with van der Waals surface area (Å²) in [6.07, 6.45) is 0. The predicted octanol–water partition coefficient (Wildman–Crippen LogP) is 1.80. The Morgan fingerprint density at radius 2 is 2.20 bits per heavy atom. The van der Waals surface area contributed by atoms with E-state index in [1.165, 1.54) is 26.2 Å². The molecule has 0 aromatic heterocycles. The number of hydrogen-bond acceptors (Lipinski definition) is 3. The third-order valence-corrected chi connectivity index (χ3v) is 2.29. The SMILES string of the molecule is CNCC(C)(F)c1ccc(O)c(OC)c1. The lowest BCUT2D eigenvalue weighted by atomic mass is 9.97. The van der Waals surface area contributed by atoms with Crippen LogP contribution in [0.5, 0.6) is 11.5 Å². The molecular formula is C11H16FNO2. The molecule has 4 heteroatoms. The normalized spacial score (nSPS) is 14.7. The second kappa shape index (κ2) is 4.49. The molecule has 1 rings (SSSR count). The first-order chi connectivity index (χ1) is 7.01. The van der Waals surface area contributed by atoms with Crippen LogP contribution < -0.4 is 10.1 Å². The molecule has 0 bridgehead atoms. The van der Waals surface area contributed by atoms with Crippen molar-refractivity contribution in [3.63, 3.8) is 0 Å². The zero-order valence-corrected chi connectivity index (χ0v) is 9.17. The fourth-order valence-electron chi connectivity index (χ4n) is 1.44. The van der Waals surface area contributed by atoms with Crippen molar-refractivity contribution in [3.8, 4) is 11.5 Å². The number of aromatic hydroxyl groups is 1. The summed E-state index contributed by atoms with van der Waals surface area (Å²) in [5.41, 5.74) is -0.998. The third-order valence-electron chi connectivity index (χ3n) is 2.29. The molecule has 0 aliphatic carbocycles. The van der Waals surface area contributed by atoms with Gasteiger partial charge in [0.1, 0.15) is 5.67 Å². The van der Waals surface area contributed by atoms with Crippen LogP contribution in [0, 0.1) is 0 Å². The Balaban J connectivity index is 3.04. The molecule has 0 saturated carbocycles. The maximum atomic E-state index is 14.1. The smallest absolute Gasteiger partial charge is 0.160 e. The van der Waals surface area contributed by atoms with Crippen molar-refractivity contribution in [2.75, 3.05) is 20.7 Å². The van der Waals surface area contributed by atoms with Crippen molar-refractivity contribution in [1.82, 2.24) is 5.32 Å². The van der Waals surface area contributed by atoms with Crippen LogP contribution in [0.15, 0.2) is 18.2 Å². The van der Waals surface area contributed by atoms with Gasteiger partial charge >= 0.3 is 0 Å². The van der Waals surface area contributed by atoms with E-state index >= 15 is 0 Å². The largest absolute Gasteiger partial charge is 0.504 e. The number of likely N-dealkylation sites (N-methyl/N-ethyl adjacent to an activating group) is 1. The number of ether oxygens (including phenoxy) is 1. The number of rotatable bonds is 4. The predicted molar refractivity (Wildman–Crippen MR) is 57.0 cm³/mol. The van der Waals surface area contributed by atoms with E-state index in [1.807, 2.05) is 0 Å². The van der Waals surface area contributed by atoms with E-state index in [-0.39, 0.29) is 18.0 Å². The standard InChI is InChI=1S/C11H16FNO2/c1-11(12,7-13-2)8-4-5-9(14)10(6-8)15-3/h4-6,13-14H,7H2,1-3H3. The number of nitrogens with one attached hydrogen (secondary N) is 1. The van der Waals surface area contributed by atoms with Gasteiger partial charge in [-0.3, -0.25) is 0 Å². The highest BCUT2D eigenvalue weighted by Gasteiger charge is 2.25. The fourth-order valence-corrected chi connectivity index (χ4v) is 1.44. The Bertz CT molecular complexity index is 339. The van der Waals surface area contributed by atoms with Gasteiger partial charge in [0.05, 0.1) is 7.11 Å². The van der Waals surface area contributed by atoms with Crippen LogP contribution in [0.3, 0.4) is 0 Å². The molecule has 1 unspecified atom stereocenters. The lowest BCUT2D eigenvalue weighted by molar-refractivity contribution is 0.190. The lowest BCUT2D eigenvalue weighted by Crippen LogP contribution is -2.29. The molecule has 1 aromatic rings. The molecule has 0 heterocycles. The summed E-state index contributed by atoms with van der Waals surface area (Å²) >= 11 is 0. The van der Waals surface area contributed by atoms with Gasteiger partial charge in [0.15, 0.2) is 11.5 Å². The number of methoxy groups -OCH3 is 1. The topological polar surface area (TPSA) is 41.5 Å². The number of halogens is 1. The van der Waals surface area contributed by atoms with Crippen LogP contribution in [0.25, 0.3) is 0 Å². The Kier molecular flexibility index (Phi) is 3.52. The Morgan fingerprint density at radius 1 is 1.53 bits per heavy atom. The fraction of sp³-hybridized carbons (Fsp3) is 0.455. The van der Waals surface area contributed by atoms with E-state index in [0.29, 0.717) is 5.56 Å². The zero-order valence-electron chi connectivity index (χ0n) is 9.17. The molecule has 0 amide bonds. The first-order valence-electron chi connectivity index (χ1n) is 4.72. The van der Waals surface area contributed by atoms with Crippen LogP contribution in [0.1, 0.15) is 12.5 Å². The molecule has 1 aromatic carbocycles. The van der Waals surface area contributed by atoms with E-state index in [0.717, 1.165) is 0 Å². The number of benzene rings is 1. The Hall–Kier alpha value is -1.29. The summed E-state index contributed by atoms with van der Waals surface area (Å²) in [7, 11) is 3.13. The Morgan fingerprint density at radius 3 is 2.73 bits per heavy atom. The van der Waals surface area contributed by atoms with Gasteiger partial charge < -0.3 is 15.2 Å². The summed E-state index contributed by atoms with van der Waals surface area (Å²) in [5, 5.41) is 12.1. The molecule has 84 valence electrons. The minimum absolute atomic E-state index is 0.0153. The maximum absolute atomic E-state index is 14.1. The van der Waals surface area contributed by atoms with Crippen LogP contribution >= 0.6 is 0 Å². The summed E-state index contributed by atoms with van der Waals surface area (Å²) in [5.74, 6) is 0.300. The summed E-state index contributed by atoms with van der Waals surface area (Å²) in [6, 6.07) is 4.49. The van der Waals surface area contributed by atoms with Gasteiger partial charge in [-0.05, 0) is 31.7 Å². The second-order valence-electron chi connectivity index (χ2n) is 3.61. The number of phenols is 1. The van der Waals surface area contributed by atoms with Gasteiger partial charge in [-0.15, -0.1) is 0 Å². The molecular weight excluding hydrogens is 197 g/mol. The number of alkyl halides is 1. The van der Waals surface area contributed by atoms with E-state index in [4.69, 9.17) is 4.74 Å². The molecule has 0 aliphatic heterocycles. The number of hydrogen-bond donors (Lipinski definition) is 2. The summed E-state index contributed by atoms with van der Waals surface area (Å²) in [6.45, 7) is 1.69. The van der Waals surface area contributed by atoms with Crippen molar-refractivity contribution in [2.45, 2.75) is 12.6 Å². The van der Waals surface area contributed by atoms with Crippen LogP contribution in [0.2, 0.25) is 0 Å². The highest BCUT2D eigenvalue weighted by Crippen LogP contribution is 2.32. The highest BCUT2D eigenvalue weighted by molar-refractivity contribution is 5.43. The van der Waals surface area contributed by atoms with Gasteiger partial charge in [0.2, 0.25) is 0 Å². The van der Waals surface area contributed by atoms with Crippen LogP contribution in [-0.4, -0.2) is 25.8 Å². The van der Waals surface area contributed by atoms with E-state index in [1.54, 1.807) is 13.1 Å². The average Bonchev–Trinajstić information content (AvgIpc) is 2.18. The van der Waals surface area contributed by atoms with Crippen molar-refractivity contribution in [1.29, 1.82) is 0 Å². The molecule has 15 heavy (non-hydrogen) atoms. The molecule has 1 atom stereocenters. The first kappa shape index (κ1) is 11.8. The molecule has 0 spiro atoms. The minimum Gasteiger partial charge on any atom is -0.504 e. The maximum Gasteiger partial charge on any atom is 0.160 e. The van der Waals surface area contributed by atoms with E-state index in [9.17, 15) is 9.50 Å². The van der Waals surface area contributed by atoms with Crippen molar-refractivity contribution in [2.24, 2.45) is 0 Å². The monoisotopic (exact) mass is 213 g/mol. The first-order valence-corrected chi connectivity index (χ1v) is 4.72. The second-order valence-corrected chi connectivity index (χ2v) is 3.61. The van der Waals surface area contributed by atoms with Gasteiger partial charge in [-0.1, -0.05) is 6.07 Å². The van der Waals surface area contributed by atoms with Gasteiger partial charge in [0.25, 0.3) is 0 Å². The highest BCUT2D eigenvalue weighted by atomic mass is 19.1. The van der Waals surface area contributed by atoms with Crippen molar-refractivity contribution < 1.29 is 14.2 Å². The molecule has 0 saturated heterocycles. The molecule has 0 fully saturated rings. The molecule has 2 N–H and O–H groups in total. The third kappa shape index (κ3) is 2.59. The molecule has 0 aliphatic rings. The van der Waals surface area contributed by atoms with Crippen molar-refractivity contribution in [3.05, 3.63) is 23.8 Å². The van der Waals surface area contributed by atoms with E-state index in [2.05, 4.69) is 5.32 Å². The molecule has 0 radical (unpaired) electrons. The quantitative estimate of drug-likeness (QED) is 0.801. The average molecular weight is 213 g/mol. The van der Waals surface area contributed by atoms with Gasteiger partial charge in [-0.25, -0.2) is 4.39 Å². The van der Waals surface area contributed by atoms with Crippen LogP contribution in [-0.2, 0) is 5.67 Å². The number of phenolic OH excluding ortho intramolecular Hbond substituents is 1. The summed E-state index contributed by atoms with van der Waals surface area (Å²) < 4.78 is 19.0. The van der Waals surface area contributed by atoms with Gasteiger partial charge in [0, 0.05) is 6.54 Å². The van der Waals surface area contributed by atoms with Gasteiger partial charge in [-0.2, -0.15) is 0 Å². The molecule has 3 nitrogen and oxygen atoms in total. The van der Waals surface area contributed by atoms with Crippen molar-refractivity contribution >= 4 is 0 Å².